The van der Waals surface area contributed by atoms with Crippen LogP contribution in [0.4, 0.5) is 0 Å². The summed E-state index contributed by atoms with van der Waals surface area (Å²) in [5.41, 5.74) is 0.807. The quantitative estimate of drug-likeness (QED) is 0.778. The lowest BCUT2D eigenvalue weighted by atomic mass is 10.1. The molecule has 116 valence electrons. The lowest BCUT2D eigenvalue weighted by Gasteiger charge is -2.27. The second kappa shape index (κ2) is 5.50. The van der Waals surface area contributed by atoms with E-state index in [2.05, 4.69) is 5.10 Å². The van der Waals surface area contributed by atoms with Crippen molar-refractivity contribution < 1.29 is 14.3 Å². The van der Waals surface area contributed by atoms with E-state index >= 15 is 0 Å². The van der Waals surface area contributed by atoms with Gasteiger partial charge in [0.1, 0.15) is 11.6 Å². The van der Waals surface area contributed by atoms with Gasteiger partial charge in [-0.1, -0.05) is 0 Å². The van der Waals surface area contributed by atoms with Gasteiger partial charge in [0, 0.05) is 19.3 Å². The average Bonchev–Trinajstić information content (AvgIpc) is 2.95. The van der Waals surface area contributed by atoms with E-state index in [1.165, 1.54) is 0 Å². The molecule has 0 unspecified atom stereocenters. The number of ether oxygens (including phenoxy) is 1. The number of likely N-dealkylation sites (tertiary alicyclic amines) is 1. The summed E-state index contributed by atoms with van der Waals surface area (Å²) < 4.78 is 7.08. The minimum Gasteiger partial charge on any atom is -0.458 e. The van der Waals surface area contributed by atoms with Crippen LogP contribution in [0.5, 0.6) is 0 Å². The Bertz CT molecular complexity index is 557. The van der Waals surface area contributed by atoms with Gasteiger partial charge in [-0.15, -0.1) is 0 Å². The van der Waals surface area contributed by atoms with Crippen LogP contribution in [0, 0.1) is 6.92 Å². The maximum Gasteiger partial charge on any atom is 0.329 e. The second-order valence-electron chi connectivity index (χ2n) is 6.46. The molecule has 0 bridgehead atoms. The summed E-state index contributed by atoms with van der Waals surface area (Å²) in [7, 11) is 1.79. The molecule has 2 heterocycles. The molecule has 0 saturated carbocycles. The topological polar surface area (TPSA) is 64.4 Å². The van der Waals surface area contributed by atoms with E-state index in [4.69, 9.17) is 4.74 Å². The van der Waals surface area contributed by atoms with E-state index in [-0.39, 0.29) is 11.9 Å². The zero-order valence-electron chi connectivity index (χ0n) is 13.3. The zero-order chi connectivity index (χ0) is 15.8. The predicted octanol–water partition coefficient (Wildman–Crippen LogP) is 1.67. The van der Waals surface area contributed by atoms with E-state index in [1.807, 2.05) is 27.7 Å². The fourth-order valence-corrected chi connectivity index (χ4v) is 2.49. The van der Waals surface area contributed by atoms with Crippen molar-refractivity contribution >= 4 is 11.9 Å². The maximum absolute atomic E-state index is 12.6. The number of hydrogen-bond acceptors (Lipinski definition) is 4. The molecule has 1 aromatic heterocycles. The Morgan fingerprint density at radius 1 is 1.38 bits per heavy atom. The molecule has 0 aromatic carbocycles. The summed E-state index contributed by atoms with van der Waals surface area (Å²) in [5, 5.41) is 4.09. The first-order valence-electron chi connectivity index (χ1n) is 7.23. The molecule has 0 aliphatic carbocycles. The van der Waals surface area contributed by atoms with Crippen LogP contribution in [-0.2, 0) is 16.6 Å². The summed E-state index contributed by atoms with van der Waals surface area (Å²) in [4.78, 5) is 26.5. The van der Waals surface area contributed by atoms with Crippen LogP contribution >= 0.6 is 0 Å². The monoisotopic (exact) mass is 293 g/mol. The zero-order valence-corrected chi connectivity index (χ0v) is 13.3. The molecular formula is C15H23N3O3. The molecule has 6 nitrogen and oxygen atoms in total. The van der Waals surface area contributed by atoms with E-state index in [0.29, 0.717) is 18.5 Å². The fraction of sp³-hybridized carbons (Fsp3) is 0.667. The van der Waals surface area contributed by atoms with Crippen molar-refractivity contribution in [2.24, 2.45) is 7.05 Å². The summed E-state index contributed by atoms with van der Waals surface area (Å²) in [6.07, 6.45) is 3.02. The predicted molar refractivity (Wildman–Crippen MR) is 77.8 cm³/mol. The highest BCUT2D eigenvalue weighted by atomic mass is 16.6. The molecule has 21 heavy (non-hydrogen) atoms. The first kappa shape index (κ1) is 15.5. The molecule has 0 spiro atoms. The van der Waals surface area contributed by atoms with E-state index in [9.17, 15) is 9.59 Å². The minimum atomic E-state index is -0.543. The smallest absolute Gasteiger partial charge is 0.329 e. The number of nitrogens with zero attached hydrogens (tertiary/aromatic N) is 3. The van der Waals surface area contributed by atoms with Crippen molar-refractivity contribution in [2.75, 3.05) is 6.54 Å². The maximum atomic E-state index is 12.6. The molecule has 1 saturated heterocycles. The van der Waals surface area contributed by atoms with Gasteiger partial charge < -0.3 is 9.64 Å². The van der Waals surface area contributed by atoms with Gasteiger partial charge in [-0.2, -0.15) is 5.10 Å². The Morgan fingerprint density at radius 3 is 2.57 bits per heavy atom. The Morgan fingerprint density at radius 2 is 2.05 bits per heavy atom. The number of carbonyl (C=O) groups excluding carboxylic acids is 2. The third-order valence-electron chi connectivity index (χ3n) is 3.66. The largest absolute Gasteiger partial charge is 0.458 e. The highest BCUT2D eigenvalue weighted by molar-refractivity contribution is 5.97. The number of esters is 1. The van der Waals surface area contributed by atoms with Gasteiger partial charge in [-0.3, -0.25) is 9.48 Å². The number of amides is 1. The van der Waals surface area contributed by atoms with Crippen LogP contribution in [0.1, 0.15) is 49.7 Å². The first-order chi connectivity index (χ1) is 9.70. The molecule has 2 rings (SSSR count). The normalized spacial score (nSPS) is 18.9. The molecule has 1 aromatic rings. The molecule has 1 aliphatic heterocycles. The first-order valence-corrected chi connectivity index (χ1v) is 7.23. The second-order valence-corrected chi connectivity index (χ2v) is 6.46. The van der Waals surface area contributed by atoms with E-state index in [1.54, 1.807) is 22.8 Å². The molecule has 6 heteroatoms. The van der Waals surface area contributed by atoms with Crippen molar-refractivity contribution in [3.05, 3.63) is 17.5 Å². The summed E-state index contributed by atoms with van der Waals surface area (Å²) >= 11 is 0. The fourth-order valence-electron chi connectivity index (χ4n) is 2.49. The number of hydrogen-bond donors (Lipinski definition) is 0. The lowest BCUT2D eigenvalue weighted by Crippen LogP contribution is -2.43. The number of rotatable bonds is 2. The average molecular weight is 293 g/mol. The molecule has 0 N–H and O–H groups in total. The van der Waals surface area contributed by atoms with Gasteiger partial charge in [0.15, 0.2) is 0 Å². The molecule has 0 radical (unpaired) electrons. The van der Waals surface area contributed by atoms with E-state index in [0.717, 1.165) is 12.1 Å². The van der Waals surface area contributed by atoms with Crippen LogP contribution in [0.3, 0.4) is 0 Å². The van der Waals surface area contributed by atoms with Gasteiger partial charge in [-0.05, 0) is 40.5 Å². The highest BCUT2D eigenvalue weighted by Gasteiger charge is 2.38. The van der Waals surface area contributed by atoms with Crippen molar-refractivity contribution in [3.63, 3.8) is 0 Å². The van der Waals surface area contributed by atoms with Gasteiger partial charge >= 0.3 is 5.97 Å². The van der Waals surface area contributed by atoms with Crippen molar-refractivity contribution in [2.45, 2.75) is 52.2 Å². The standard InChI is InChI=1S/C15H23N3O3/c1-10-11(9-16-17(10)5)13(19)18-8-6-7-12(18)14(20)21-15(2,3)4/h9,12H,6-8H2,1-5H3/t12-/m0/s1. The van der Waals surface area contributed by atoms with Crippen LogP contribution in [-0.4, -0.2) is 44.7 Å². The third-order valence-corrected chi connectivity index (χ3v) is 3.66. The number of carbonyl (C=O) groups is 2. The van der Waals surface area contributed by atoms with Crippen LogP contribution in [0.25, 0.3) is 0 Å². The summed E-state index contributed by atoms with van der Waals surface area (Å²) in [5.74, 6) is -0.469. The van der Waals surface area contributed by atoms with Crippen LogP contribution < -0.4 is 0 Å². The molecule has 1 atom stereocenters. The number of aryl methyl sites for hydroxylation is 1. The van der Waals surface area contributed by atoms with Gasteiger partial charge in [0.05, 0.1) is 11.8 Å². The minimum absolute atomic E-state index is 0.144. The Balaban J connectivity index is 2.17. The SMILES string of the molecule is Cc1c(C(=O)N2CCC[C@H]2C(=O)OC(C)(C)C)cnn1C. The van der Waals surface area contributed by atoms with E-state index < -0.39 is 11.6 Å². The van der Waals surface area contributed by atoms with Crippen LogP contribution in [0.2, 0.25) is 0 Å². The lowest BCUT2D eigenvalue weighted by molar-refractivity contribution is -0.159. The molecule has 1 amide bonds. The van der Waals surface area contributed by atoms with Gasteiger partial charge in [0.2, 0.25) is 0 Å². The number of aromatic nitrogens is 2. The van der Waals surface area contributed by atoms with Gasteiger partial charge in [-0.25, -0.2) is 4.79 Å². The Hall–Kier alpha value is -1.85. The van der Waals surface area contributed by atoms with Crippen molar-refractivity contribution in [1.82, 2.24) is 14.7 Å². The van der Waals surface area contributed by atoms with Crippen LogP contribution in [0.15, 0.2) is 6.20 Å². The molecule has 1 fully saturated rings. The highest BCUT2D eigenvalue weighted by Crippen LogP contribution is 2.24. The van der Waals surface area contributed by atoms with Crippen molar-refractivity contribution in [3.8, 4) is 0 Å². The summed E-state index contributed by atoms with van der Waals surface area (Å²) in [6, 6.07) is -0.490. The Labute approximate surface area is 125 Å². The third kappa shape index (κ3) is 3.25. The Kier molecular flexibility index (Phi) is 4.07. The molecular weight excluding hydrogens is 270 g/mol. The molecule has 1 aliphatic rings. The summed E-state index contributed by atoms with van der Waals surface area (Å²) in [6.45, 7) is 7.92. The van der Waals surface area contributed by atoms with Gasteiger partial charge in [0.25, 0.3) is 5.91 Å². The van der Waals surface area contributed by atoms with Crippen molar-refractivity contribution in [1.29, 1.82) is 0 Å².